The van der Waals surface area contributed by atoms with Crippen LogP contribution in [0, 0.1) is 0 Å². The Labute approximate surface area is 78.3 Å². The van der Waals surface area contributed by atoms with Crippen LogP contribution in [0.2, 0.25) is 0 Å². The molecule has 1 amide bonds. The summed E-state index contributed by atoms with van der Waals surface area (Å²) in [5.74, 6) is -0.208. The second kappa shape index (κ2) is 4.15. The van der Waals surface area contributed by atoms with Crippen molar-refractivity contribution in [3.63, 3.8) is 0 Å². The maximum atomic E-state index is 10.6. The van der Waals surface area contributed by atoms with Gasteiger partial charge in [-0.15, -0.1) is 0 Å². The molecule has 0 aliphatic carbocycles. The Morgan fingerprint density at radius 1 is 1.54 bits per heavy atom. The number of nitrogens with one attached hydrogen (secondary N) is 1. The lowest BCUT2D eigenvalue weighted by molar-refractivity contribution is -0.114. The molecule has 2 N–H and O–H groups in total. The van der Waals surface area contributed by atoms with E-state index in [0.29, 0.717) is 5.69 Å². The molecule has 0 radical (unpaired) electrons. The van der Waals surface area contributed by atoms with Crippen molar-refractivity contribution in [3.05, 3.63) is 24.3 Å². The molecule has 1 aromatic rings. The Hall–Kier alpha value is -1.20. The molecule has 0 heterocycles. The van der Waals surface area contributed by atoms with E-state index in [9.17, 15) is 9.00 Å². The minimum absolute atomic E-state index is 0.208. The van der Waals surface area contributed by atoms with Gasteiger partial charge in [0.15, 0.2) is 11.1 Å². The lowest BCUT2D eigenvalue weighted by Crippen LogP contribution is -2.05. The smallest absolute Gasteiger partial charge is 0.221 e. The van der Waals surface area contributed by atoms with Gasteiger partial charge in [-0.2, -0.15) is 0 Å². The Balaban J connectivity index is 2.91. The van der Waals surface area contributed by atoms with Gasteiger partial charge in [0.1, 0.15) is 0 Å². The van der Waals surface area contributed by atoms with Gasteiger partial charge < -0.3 is 9.87 Å². The molecule has 0 saturated heterocycles. The highest BCUT2D eigenvalue weighted by molar-refractivity contribution is 7.79. The van der Waals surface area contributed by atoms with Crippen LogP contribution < -0.4 is 5.32 Å². The standard InChI is InChI=1S/C8H9NO3S/c1-6(10)9-7-3-2-4-8(5-7)13(11)12/h2-5H,1H3,(H,9,10)(H,11,12). The third-order valence-corrected chi connectivity index (χ3v) is 2.01. The molecule has 13 heavy (non-hydrogen) atoms. The molecule has 4 nitrogen and oxygen atoms in total. The average molecular weight is 199 g/mol. The van der Waals surface area contributed by atoms with Crippen molar-refractivity contribution in [1.82, 2.24) is 0 Å². The van der Waals surface area contributed by atoms with Crippen LogP contribution in [0.15, 0.2) is 29.2 Å². The first-order valence-electron chi connectivity index (χ1n) is 3.58. The molecule has 0 aliphatic rings. The van der Waals surface area contributed by atoms with E-state index in [1.165, 1.54) is 19.1 Å². The zero-order valence-corrected chi connectivity index (χ0v) is 7.80. The van der Waals surface area contributed by atoms with Crippen molar-refractivity contribution in [2.75, 3.05) is 5.32 Å². The van der Waals surface area contributed by atoms with E-state index < -0.39 is 11.1 Å². The first-order chi connectivity index (χ1) is 6.09. The number of carbonyl (C=O) groups excluding carboxylic acids is 1. The van der Waals surface area contributed by atoms with Crippen LogP contribution in [0.4, 0.5) is 5.69 Å². The van der Waals surface area contributed by atoms with Crippen LogP contribution in [0.3, 0.4) is 0 Å². The predicted octanol–water partition coefficient (Wildman–Crippen LogP) is 1.23. The summed E-state index contributed by atoms with van der Waals surface area (Å²) < 4.78 is 19.4. The van der Waals surface area contributed by atoms with E-state index in [1.54, 1.807) is 12.1 Å². The first-order valence-corrected chi connectivity index (χ1v) is 4.69. The number of hydrogen-bond acceptors (Lipinski definition) is 2. The van der Waals surface area contributed by atoms with Crippen LogP contribution in [-0.4, -0.2) is 14.7 Å². The summed E-state index contributed by atoms with van der Waals surface area (Å²) in [6.07, 6.45) is 0. The zero-order valence-electron chi connectivity index (χ0n) is 6.98. The van der Waals surface area contributed by atoms with E-state index in [0.717, 1.165) is 0 Å². The van der Waals surface area contributed by atoms with Gasteiger partial charge in [-0.05, 0) is 18.2 Å². The highest BCUT2D eigenvalue weighted by Gasteiger charge is 2.01. The van der Waals surface area contributed by atoms with E-state index in [-0.39, 0.29) is 10.8 Å². The van der Waals surface area contributed by atoms with Gasteiger partial charge >= 0.3 is 0 Å². The molecule has 1 atom stereocenters. The molecule has 0 aromatic heterocycles. The molecule has 0 bridgehead atoms. The number of carbonyl (C=O) groups is 1. The van der Waals surface area contributed by atoms with Gasteiger partial charge in [0.05, 0.1) is 4.90 Å². The minimum Gasteiger partial charge on any atom is -0.326 e. The fraction of sp³-hybridized carbons (Fsp3) is 0.125. The van der Waals surface area contributed by atoms with Gasteiger partial charge in [-0.3, -0.25) is 4.79 Å². The van der Waals surface area contributed by atoms with E-state index in [4.69, 9.17) is 4.55 Å². The third kappa shape index (κ3) is 2.96. The molecule has 0 fully saturated rings. The van der Waals surface area contributed by atoms with Crippen molar-refractivity contribution >= 4 is 22.7 Å². The molecule has 70 valence electrons. The first kappa shape index (κ1) is 9.88. The topological polar surface area (TPSA) is 66.4 Å². The number of benzene rings is 1. The Morgan fingerprint density at radius 2 is 2.23 bits per heavy atom. The molecule has 5 heteroatoms. The molecule has 1 unspecified atom stereocenters. The summed E-state index contributed by atoms with van der Waals surface area (Å²) in [6, 6.07) is 6.23. The molecule has 1 aromatic carbocycles. The second-order valence-corrected chi connectivity index (χ2v) is 3.43. The van der Waals surface area contributed by atoms with Gasteiger partial charge in [0.2, 0.25) is 5.91 Å². The van der Waals surface area contributed by atoms with Gasteiger partial charge in [-0.25, -0.2) is 4.21 Å². The number of rotatable bonds is 2. The van der Waals surface area contributed by atoms with Crippen molar-refractivity contribution < 1.29 is 13.6 Å². The summed E-state index contributed by atoms with van der Waals surface area (Å²) in [6.45, 7) is 1.38. The van der Waals surface area contributed by atoms with Crippen LogP contribution in [0.25, 0.3) is 0 Å². The van der Waals surface area contributed by atoms with E-state index >= 15 is 0 Å². The number of hydrogen-bond donors (Lipinski definition) is 2. The monoisotopic (exact) mass is 199 g/mol. The van der Waals surface area contributed by atoms with Crippen LogP contribution >= 0.6 is 0 Å². The van der Waals surface area contributed by atoms with Crippen molar-refractivity contribution in [3.8, 4) is 0 Å². The van der Waals surface area contributed by atoms with Gasteiger partial charge in [0.25, 0.3) is 0 Å². The molecule has 0 aliphatic heterocycles. The number of amides is 1. The van der Waals surface area contributed by atoms with Crippen LogP contribution in [-0.2, 0) is 15.9 Å². The maximum absolute atomic E-state index is 10.6. The van der Waals surface area contributed by atoms with Crippen molar-refractivity contribution in [2.24, 2.45) is 0 Å². The Kier molecular flexibility index (Phi) is 3.16. The van der Waals surface area contributed by atoms with Gasteiger partial charge in [-0.1, -0.05) is 6.07 Å². The SMILES string of the molecule is CC(=O)Nc1cccc(S(=O)O)c1. The quantitative estimate of drug-likeness (QED) is 0.704. The van der Waals surface area contributed by atoms with Crippen LogP contribution in [0.1, 0.15) is 6.92 Å². The summed E-state index contributed by atoms with van der Waals surface area (Å²) in [5, 5.41) is 2.52. The lowest BCUT2D eigenvalue weighted by atomic mass is 10.3. The van der Waals surface area contributed by atoms with E-state index in [1.807, 2.05) is 0 Å². The van der Waals surface area contributed by atoms with E-state index in [2.05, 4.69) is 5.32 Å². The molecular formula is C8H9NO3S. The average Bonchev–Trinajstić information content (AvgIpc) is 2.03. The summed E-state index contributed by atoms with van der Waals surface area (Å²) in [5.41, 5.74) is 0.521. The molecule has 1 rings (SSSR count). The molecule has 0 spiro atoms. The largest absolute Gasteiger partial charge is 0.326 e. The van der Waals surface area contributed by atoms with Crippen molar-refractivity contribution in [2.45, 2.75) is 11.8 Å². The van der Waals surface area contributed by atoms with Crippen molar-refractivity contribution in [1.29, 1.82) is 0 Å². The van der Waals surface area contributed by atoms with Crippen LogP contribution in [0.5, 0.6) is 0 Å². The lowest BCUT2D eigenvalue weighted by Gasteiger charge is -2.02. The fourth-order valence-electron chi connectivity index (χ4n) is 0.886. The number of anilines is 1. The normalized spacial score (nSPS) is 12.2. The Morgan fingerprint density at radius 3 is 2.77 bits per heavy atom. The Bertz CT molecular complexity index is 351. The highest BCUT2D eigenvalue weighted by atomic mass is 32.2. The fourth-order valence-corrected chi connectivity index (χ4v) is 1.31. The highest BCUT2D eigenvalue weighted by Crippen LogP contribution is 2.12. The maximum Gasteiger partial charge on any atom is 0.221 e. The van der Waals surface area contributed by atoms with Gasteiger partial charge in [0, 0.05) is 12.6 Å². The second-order valence-electron chi connectivity index (χ2n) is 2.46. The third-order valence-electron chi connectivity index (χ3n) is 1.36. The summed E-state index contributed by atoms with van der Waals surface area (Å²) >= 11 is -2.01. The minimum atomic E-state index is -2.01. The summed E-state index contributed by atoms with van der Waals surface area (Å²) in [4.78, 5) is 10.9. The summed E-state index contributed by atoms with van der Waals surface area (Å²) in [7, 11) is 0. The molecular weight excluding hydrogens is 190 g/mol. The molecule has 0 saturated carbocycles. The predicted molar refractivity (Wildman–Crippen MR) is 49.8 cm³/mol. The zero-order chi connectivity index (χ0) is 9.84.